The van der Waals surface area contributed by atoms with Gasteiger partial charge in [-0.05, 0) is 17.7 Å². The molecule has 0 bridgehead atoms. The van der Waals surface area contributed by atoms with Gasteiger partial charge in [-0.2, -0.15) is 13.1 Å². The third-order valence-electron chi connectivity index (χ3n) is 2.34. The Morgan fingerprint density at radius 2 is 2.06 bits per heavy atom. The van der Waals surface area contributed by atoms with Gasteiger partial charge in [0.2, 0.25) is 0 Å². The Morgan fingerprint density at radius 1 is 1.33 bits per heavy atom. The molecule has 1 aromatic rings. The number of ether oxygens (including phenoxy) is 2. The molecule has 0 saturated heterocycles. The quantitative estimate of drug-likeness (QED) is 0.862. The third-order valence-corrected chi connectivity index (χ3v) is 3.17. The summed E-state index contributed by atoms with van der Waals surface area (Å²) in [5.41, 5.74) is 0.651. The first-order valence-electron chi connectivity index (χ1n) is 5.31. The number of halogens is 1. The predicted octanol–water partition coefficient (Wildman–Crippen LogP) is 0.794. The first-order valence-corrected chi connectivity index (χ1v) is 7.23. The van der Waals surface area contributed by atoms with Gasteiger partial charge in [-0.15, -0.1) is 0 Å². The first-order chi connectivity index (χ1) is 8.46. The van der Waals surface area contributed by atoms with Crippen LogP contribution in [0.5, 0.6) is 11.5 Å². The number of hydrogen-bond donors (Lipinski definition) is 2. The standard InChI is InChI=1S/C10H13ClN2O4S/c11-8-4-7(6-13-18(12,14)15)5-9-10(8)17-3-1-2-16-9/h4-5,13H,1-3,6H2,(H2,12,14,15). The predicted molar refractivity (Wildman–Crippen MR) is 67.0 cm³/mol. The third kappa shape index (κ3) is 3.49. The Morgan fingerprint density at radius 3 is 2.78 bits per heavy atom. The molecule has 0 atom stereocenters. The van der Waals surface area contributed by atoms with Crippen LogP contribution in [0.1, 0.15) is 12.0 Å². The molecular formula is C10H13ClN2O4S. The molecule has 8 heteroatoms. The highest BCUT2D eigenvalue weighted by atomic mass is 35.5. The lowest BCUT2D eigenvalue weighted by atomic mass is 10.2. The van der Waals surface area contributed by atoms with E-state index in [1.165, 1.54) is 0 Å². The fraction of sp³-hybridized carbons (Fsp3) is 0.400. The molecule has 0 aromatic heterocycles. The van der Waals surface area contributed by atoms with E-state index in [4.69, 9.17) is 26.2 Å². The zero-order valence-corrected chi connectivity index (χ0v) is 11.1. The monoisotopic (exact) mass is 292 g/mol. The summed E-state index contributed by atoms with van der Waals surface area (Å²) in [6, 6.07) is 3.30. The number of nitrogens with two attached hydrogens (primary N) is 1. The van der Waals surface area contributed by atoms with Crippen molar-refractivity contribution in [3.8, 4) is 11.5 Å². The van der Waals surface area contributed by atoms with E-state index in [0.29, 0.717) is 35.3 Å². The van der Waals surface area contributed by atoms with Crippen molar-refractivity contribution in [1.29, 1.82) is 0 Å². The molecule has 0 saturated carbocycles. The molecular weight excluding hydrogens is 280 g/mol. The smallest absolute Gasteiger partial charge is 0.274 e. The van der Waals surface area contributed by atoms with Gasteiger partial charge in [-0.1, -0.05) is 11.6 Å². The van der Waals surface area contributed by atoms with Crippen molar-refractivity contribution in [2.24, 2.45) is 5.14 Å². The van der Waals surface area contributed by atoms with Crippen LogP contribution >= 0.6 is 11.6 Å². The maximum Gasteiger partial charge on any atom is 0.274 e. The Hall–Kier alpha value is -1.02. The van der Waals surface area contributed by atoms with Gasteiger partial charge < -0.3 is 9.47 Å². The summed E-state index contributed by atoms with van der Waals surface area (Å²) < 4.78 is 34.7. The van der Waals surface area contributed by atoms with Crippen molar-refractivity contribution in [2.45, 2.75) is 13.0 Å². The fourth-order valence-electron chi connectivity index (χ4n) is 1.57. The Kier molecular flexibility index (Phi) is 3.96. The first kappa shape index (κ1) is 13.4. The highest BCUT2D eigenvalue weighted by Gasteiger charge is 2.16. The summed E-state index contributed by atoms with van der Waals surface area (Å²) in [7, 11) is -3.73. The van der Waals surface area contributed by atoms with E-state index >= 15 is 0 Å². The van der Waals surface area contributed by atoms with Crippen LogP contribution in [0.25, 0.3) is 0 Å². The van der Waals surface area contributed by atoms with Gasteiger partial charge in [0.25, 0.3) is 10.2 Å². The average Bonchev–Trinajstić information content (AvgIpc) is 2.51. The lowest BCUT2D eigenvalue weighted by Crippen LogP contribution is -2.30. The lowest BCUT2D eigenvalue weighted by Gasteiger charge is -2.11. The normalized spacial score (nSPS) is 15.2. The van der Waals surface area contributed by atoms with Crippen molar-refractivity contribution in [2.75, 3.05) is 13.2 Å². The molecule has 18 heavy (non-hydrogen) atoms. The number of benzene rings is 1. The summed E-state index contributed by atoms with van der Waals surface area (Å²) >= 11 is 6.06. The molecule has 0 unspecified atom stereocenters. The van der Waals surface area contributed by atoms with Crippen molar-refractivity contribution in [1.82, 2.24) is 4.72 Å². The Bertz CT molecular complexity index is 547. The zero-order valence-electron chi connectivity index (χ0n) is 9.48. The van der Waals surface area contributed by atoms with Crippen LogP contribution in [0.3, 0.4) is 0 Å². The topological polar surface area (TPSA) is 90.7 Å². The zero-order chi connectivity index (χ0) is 13.2. The van der Waals surface area contributed by atoms with E-state index < -0.39 is 10.2 Å². The van der Waals surface area contributed by atoms with E-state index in [2.05, 4.69) is 4.72 Å². The number of nitrogens with one attached hydrogen (secondary N) is 1. The molecule has 100 valence electrons. The molecule has 0 fully saturated rings. The minimum atomic E-state index is -3.73. The van der Waals surface area contributed by atoms with Crippen molar-refractivity contribution in [3.05, 3.63) is 22.7 Å². The second-order valence-corrected chi connectivity index (χ2v) is 5.61. The van der Waals surface area contributed by atoms with Crippen LogP contribution in [0.4, 0.5) is 0 Å². The Labute approximate surface area is 110 Å². The molecule has 0 amide bonds. The maximum atomic E-state index is 10.8. The van der Waals surface area contributed by atoms with Crippen LogP contribution in [0, 0.1) is 0 Å². The van der Waals surface area contributed by atoms with E-state index in [9.17, 15) is 8.42 Å². The molecule has 0 aliphatic carbocycles. The minimum absolute atomic E-state index is 0.0508. The van der Waals surface area contributed by atoms with Gasteiger partial charge >= 0.3 is 0 Å². The lowest BCUT2D eigenvalue weighted by molar-refractivity contribution is 0.297. The van der Waals surface area contributed by atoms with Crippen LogP contribution in [-0.2, 0) is 16.8 Å². The van der Waals surface area contributed by atoms with E-state index in [-0.39, 0.29) is 6.54 Å². The fourth-order valence-corrected chi connectivity index (χ4v) is 2.23. The summed E-state index contributed by atoms with van der Waals surface area (Å²) in [6.45, 7) is 1.13. The highest BCUT2D eigenvalue weighted by Crippen LogP contribution is 2.37. The van der Waals surface area contributed by atoms with Gasteiger partial charge in [0, 0.05) is 13.0 Å². The number of fused-ring (bicyclic) bond motifs is 1. The van der Waals surface area contributed by atoms with Gasteiger partial charge in [0.05, 0.1) is 18.2 Å². The molecule has 1 aliphatic heterocycles. The molecule has 1 aliphatic rings. The van der Waals surface area contributed by atoms with E-state index in [1.54, 1.807) is 12.1 Å². The highest BCUT2D eigenvalue weighted by molar-refractivity contribution is 7.87. The van der Waals surface area contributed by atoms with E-state index in [0.717, 1.165) is 6.42 Å². The number of hydrogen-bond acceptors (Lipinski definition) is 4. The molecule has 0 spiro atoms. The van der Waals surface area contributed by atoms with Crippen LogP contribution in [0.2, 0.25) is 5.02 Å². The second kappa shape index (κ2) is 5.31. The maximum absolute atomic E-state index is 10.8. The van der Waals surface area contributed by atoms with Crippen LogP contribution in [0.15, 0.2) is 12.1 Å². The van der Waals surface area contributed by atoms with Crippen LogP contribution in [-0.4, -0.2) is 21.6 Å². The van der Waals surface area contributed by atoms with E-state index in [1.807, 2.05) is 0 Å². The minimum Gasteiger partial charge on any atom is -0.489 e. The van der Waals surface area contributed by atoms with Gasteiger partial charge in [0.15, 0.2) is 11.5 Å². The summed E-state index contributed by atoms with van der Waals surface area (Å²) in [4.78, 5) is 0. The van der Waals surface area contributed by atoms with Crippen molar-refractivity contribution in [3.63, 3.8) is 0 Å². The SMILES string of the molecule is NS(=O)(=O)NCc1cc(Cl)c2c(c1)OCCCO2. The molecule has 1 aromatic carbocycles. The molecule has 1 heterocycles. The largest absolute Gasteiger partial charge is 0.489 e. The van der Waals surface area contributed by atoms with Crippen LogP contribution < -0.4 is 19.3 Å². The van der Waals surface area contributed by atoms with Crippen molar-refractivity contribution < 1.29 is 17.9 Å². The molecule has 6 nitrogen and oxygen atoms in total. The summed E-state index contributed by atoms with van der Waals surface area (Å²) in [5, 5.41) is 5.25. The van der Waals surface area contributed by atoms with Gasteiger partial charge in [0.1, 0.15) is 0 Å². The van der Waals surface area contributed by atoms with Crippen molar-refractivity contribution >= 4 is 21.8 Å². The Balaban J connectivity index is 2.23. The summed E-state index contributed by atoms with van der Waals surface area (Å²) in [5.74, 6) is 1.01. The molecule has 2 rings (SSSR count). The average molecular weight is 293 g/mol. The number of rotatable bonds is 3. The molecule has 3 N–H and O–H groups in total. The van der Waals surface area contributed by atoms with Gasteiger partial charge in [-0.25, -0.2) is 5.14 Å². The molecule has 0 radical (unpaired) electrons. The summed E-state index contributed by atoms with van der Waals surface area (Å²) in [6.07, 6.45) is 0.774. The van der Waals surface area contributed by atoms with Gasteiger partial charge in [-0.3, -0.25) is 0 Å². The second-order valence-electron chi connectivity index (χ2n) is 3.82.